The summed E-state index contributed by atoms with van der Waals surface area (Å²) >= 11 is 5.71. The van der Waals surface area contributed by atoms with Crippen molar-refractivity contribution in [1.29, 1.82) is 0 Å². The van der Waals surface area contributed by atoms with Gasteiger partial charge >= 0.3 is 11.7 Å². The standard InChI is InChI=1S/C12H13ClN2O5/c1-20-10(16)6-3-7-14-12(17)8-4-2-5-9(13)11(8)15(18)19/h2,4-5H,3,6-7H2,1H3,(H,14,17). The molecule has 0 saturated heterocycles. The number of methoxy groups -OCH3 is 1. The Hall–Kier alpha value is -2.15. The predicted molar refractivity (Wildman–Crippen MR) is 71.7 cm³/mol. The molecule has 108 valence electrons. The lowest BCUT2D eigenvalue weighted by atomic mass is 10.1. The smallest absolute Gasteiger partial charge is 0.305 e. The van der Waals surface area contributed by atoms with Gasteiger partial charge in [-0.15, -0.1) is 0 Å². The van der Waals surface area contributed by atoms with Gasteiger partial charge in [-0.05, 0) is 18.6 Å². The van der Waals surface area contributed by atoms with Gasteiger partial charge in [-0.25, -0.2) is 0 Å². The third-order valence-electron chi connectivity index (χ3n) is 2.48. The van der Waals surface area contributed by atoms with E-state index in [0.29, 0.717) is 6.42 Å². The fourth-order valence-electron chi connectivity index (χ4n) is 1.52. The van der Waals surface area contributed by atoms with E-state index < -0.39 is 16.5 Å². The first-order chi connectivity index (χ1) is 9.47. The predicted octanol–water partition coefficient (Wildman–Crippen LogP) is 1.93. The van der Waals surface area contributed by atoms with Crippen molar-refractivity contribution in [3.8, 4) is 0 Å². The highest BCUT2D eigenvalue weighted by Gasteiger charge is 2.23. The normalized spacial score (nSPS) is 9.90. The Bertz CT molecular complexity index is 533. The molecule has 8 heteroatoms. The minimum Gasteiger partial charge on any atom is -0.469 e. The van der Waals surface area contributed by atoms with Crippen molar-refractivity contribution >= 4 is 29.2 Å². The highest BCUT2D eigenvalue weighted by atomic mass is 35.5. The van der Waals surface area contributed by atoms with Crippen LogP contribution in [0.5, 0.6) is 0 Å². The topological polar surface area (TPSA) is 98.5 Å². The summed E-state index contributed by atoms with van der Waals surface area (Å²) in [5.41, 5.74) is -0.541. The van der Waals surface area contributed by atoms with E-state index in [2.05, 4.69) is 10.1 Å². The summed E-state index contributed by atoms with van der Waals surface area (Å²) in [5, 5.41) is 13.3. The van der Waals surface area contributed by atoms with Crippen molar-refractivity contribution in [2.75, 3.05) is 13.7 Å². The molecule has 1 rings (SSSR count). The minimum absolute atomic E-state index is 0.0998. The second-order valence-corrected chi connectivity index (χ2v) is 4.24. The van der Waals surface area contributed by atoms with E-state index in [1.165, 1.54) is 25.3 Å². The monoisotopic (exact) mass is 300 g/mol. The van der Waals surface area contributed by atoms with Crippen LogP contribution in [0.1, 0.15) is 23.2 Å². The molecule has 1 aromatic rings. The molecule has 1 aromatic carbocycles. The molecule has 7 nitrogen and oxygen atoms in total. The summed E-state index contributed by atoms with van der Waals surface area (Å²) < 4.78 is 4.45. The quantitative estimate of drug-likeness (QED) is 0.374. The van der Waals surface area contributed by atoms with Crippen molar-refractivity contribution < 1.29 is 19.2 Å². The molecule has 0 unspecified atom stereocenters. The number of nitrogens with zero attached hydrogens (tertiary/aromatic N) is 1. The second-order valence-electron chi connectivity index (χ2n) is 3.83. The van der Waals surface area contributed by atoms with Crippen LogP contribution in [-0.4, -0.2) is 30.5 Å². The number of carbonyl (C=O) groups excluding carboxylic acids is 2. The van der Waals surface area contributed by atoms with Crippen LogP contribution in [0.3, 0.4) is 0 Å². The van der Waals surface area contributed by atoms with Crippen LogP contribution in [0, 0.1) is 10.1 Å². The first-order valence-electron chi connectivity index (χ1n) is 5.75. The maximum absolute atomic E-state index is 11.8. The van der Waals surface area contributed by atoms with Crippen molar-refractivity contribution in [3.05, 3.63) is 38.9 Å². The lowest BCUT2D eigenvalue weighted by Gasteiger charge is -2.06. The number of carbonyl (C=O) groups is 2. The Morgan fingerprint density at radius 2 is 2.15 bits per heavy atom. The third-order valence-corrected chi connectivity index (χ3v) is 2.79. The van der Waals surface area contributed by atoms with Gasteiger partial charge in [0.1, 0.15) is 10.6 Å². The number of rotatable bonds is 6. The number of nitrogens with one attached hydrogen (secondary N) is 1. The number of esters is 1. The number of benzene rings is 1. The molecular weight excluding hydrogens is 288 g/mol. The first-order valence-corrected chi connectivity index (χ1v) is 6.13. The summed E-state index contributed by atoms with van der Waals surface area (Å²) in [5.74, 6) is -0.989. The van der Waals surface area contributed by atoms with Gasteiger partial charge in [-0.1, -0.05) is 17.7 Å². The Morgan fingerprint density at radius 1 is 1.45 bits per heavy atom. The average molecular weight is 301 g/mol. The summed E-state index contributed by atoms with van der Waals surface area (Å²) in [6, 6.07) is 4.12. The number of hydrogen-bond acceptors (Lipinski definition) is 5. The number of nitro benzene ring substituents is 1. The number of ether oxygens (including phenoxy) is 1. The summed E-state index contributed by atoms with van der Waals surface area (Å²) in [6.07, 6.45) is 0.543. The molecule has 0 fully saturated rings. The van der Waals surface area contributed by atoms with Crippen LogP contribution < -0.4 is 5.32 Å². The average Bonchev–Trinajstić information content (AvgIpc) is 2.42. The van der Waals surface area contributed by atoms with Crippen LogP contribution in [-0.2, 0) is 9.53 Å². The zero-order valence-electron chi connectivity index (χ0n) is 10.7. The van der Waals surface area contributed by atoms with E-state index in [9.17, 15) is 19.7 Å². The fraction of sp³-hybridized carbons (Fsp3) is 0.333. The number of hydrogen-bond donors (Lipinski definition) is 1. The Labute approximate surface area is 120 Å². The van der Waals surface area contributed by atoms with Gasteiger partial charge in [-0.3, -0.25) is 19.7 Å². The molecule has 0 radical (unpaired) electrons. The van der Waals surface area contributed by atoms with E-state index in [1.807, 2.05) is 0 Å². The maximum atomic E-state index is 11.8. The van der Waals surface area contributed by atoms with Gasteiger partial charge in [0, 0.05) is 13.0 Å². The summed E-state index contributed by atoms with van der Waals surface area (Å²) in [4.78, 5) is 32.9. The van der Waals surface area contributed by atoms with Crippen LogP contribution in [0.2, 0.25) is 5.02 Å². The van der Waals surface area contributed by atoms with E-state index in [1.54, 1.807) is 0 Å². The van der Waals surface area contributed by atoms with Crippen LogP contribution >= 0.6 is 11.6 Å². The van der Waals surface area contributed by atoms with Crippen LogP contribution in [0.25, 0.3) is 0 Å². The van der Waals surface area contributed by atoms with Gasteiger partial charge < -0.3 is 10.1 Å². The maximum Gasteiger partial charge on any atom is 0.305 e. The number of para-hydroxylation sites is 1. The van der Waals surface area contributed by atoms with E-state index >= 15 is 0 Å². The zero-order chi connectivity index (χ0) is 15.1. The molecule has 0 heterocycles. The van der Waals surface area contributed by atoms with Crippen molar-refractivity contribution in [3.63, 3.8) is 0 Å². The molecule has 1 N–H and O–H groups in total. The largest absolute Gasteiger partial charge is 0.469 e. The Kier molecular flexibility index (Phi) is 5.92. The van der Waals surface area contributed by atoms with Crippen molar-refractivity contribution in [2.45, 2.75) is 12.8 Å². The van der Waals surface area contributed by atoms with Gasteiger partial charge in [0.15, 0.2) is 0 Å². The van der Waals surface area contributed by atoms with Crippen LogP contribution in [0.4, 0.5) is 5.69 Å². The number of halogens is 1. The first kappa shape index (κ1) is 15.9. The minimum atomic E-state index is -0.703. The lowest BCUT2D eigenvalue weighted by molar-refractivity contribution is -0.385. The molecular formula is C12H13ClN2O5. The molecule has 1 amide bonds. The summed E-state index contributed by atoms with van der Waals surface area (Å²) in [7, 11) is 1.27. The molecule has 0 aliphatic rings. The highest BCUT2D eigenvalue weighted by molar-refractivity contribution is 6.33. The molecule has 0 aliphatic carbocycles. The lowest BCUT2D eigenvalue weighted by Crippen LogP contribution is -2.25. The molecule has 0 saturated carbocycles. The van der Waals surface area contributed by atoms with Crippen molar-refractivity contribution in [1.82, 2.24) is 5.32 Å². The van der Waals surface area contributed by atoms with Gasteiger partial charge in [0.05, 0.1) is 12.0 Å². The third kappa shape index (κ3) is 4.20. The molecule has 20 heavy (non-hydrogen) atoms. The van der Waals surface area contributed by atoms with E-state index in [0.717, 1.165) is 0 Å². The molecule has 0 bridgehead atoms. The molecule has 0 aliphatic heterocycles. The SMILES string of the molecule is COC(=O)CCCNC(=O)c1cccc(Cl)c1[N+](=O)[O-]. The van der Waals surface area contributed by atoms with E-state index in [-0.39, 0.29) is 29.5 Å². The highest BCUT2D eigenvalue weighted by Crippen LogP contribution is 2.27. The van der Waals surface area contributed by atoms with Gasteiger partial charge in [-0.2, -0.15) is 0 Å². The molecule has 0 aromatic heterocycles. The zero-order valence-corrected chi connectivity index (χ0v) is 11.5. The van der Waals surface area contributed by atoms with E-state index in [4.69, 9.17) is 11.6 Å². The van der Waals surface area contributed by atoms with Gasteiger partial charge in [0.2, 0.25) is 0 Å². The second kappa shape index (κ2) is 7.44. The molecule has 0 spiro atoms. The number of nitro groups is 1. The van der Waals surface area contributed by atoms with Crippen molar-refractivity contribution in [2.24, 2.45) is 0 Å². The Balaban J connectivity index is 2.67. The Morgan fingerprint density at radius 3 is 2.75 bits per heavy atom. The molecule has 0 atom stereocenters. The number of amides is 1. The summed E-state index contributed by atoms with van der Waals surface area (Å²) in [6.45, 7) is 0.206. The van der Waals surface area contributed by atoms with Gasteiger partial charge in [0.25, 0.3) is 5.91 Å². The fourth-order valence-corrected chi connectivity index (χ4v) is 1.76. The van der Waals surface area contributed by atoms with Crippen LogP contribution in [0.15, 0.2) is 18.2 Å².